The average molecular weight is 425 g/mol. The molecule has 2 aromatic carbocycles. The number of ether oxygens (including phenoxy) is 1. The van der Waals surface area contributed by atoms with Gasteiger partial charge in [-0.05, 0) is 37.1 Å². The molecule has 0 unspecified atom stereocenters. The number of thioether (sulfide) groups is 1. The lowest BCUT2D eigenvalue weighted by Crippen LogP contribution is -2.24. The number of hydrogen-bond donors (Lipinski definition) is 1. The predicted octanol–water partition coefficient (Wildman–Crippen LogP) is 4.73. The van der Waals surface area contributed by atoms with Gasteiger partial charge in [0.1, 0.15) is 5.75 Å². The van der Waals surface area contributed by atoms with Crippen LogP contribution in [0.15, 0.2) is 59.8 Å². The summed E-state index contributed by atoms with van der Waals surface area (Å²) >= 11 is 1.62. The summed E-state index contributed by atoms with van der Waals surface area (Å²) in [7, 11) is 1.66. The van der Waals surface area contributed by atoms with Crippen LogP contribution in [0.1, 0.15) is 32.6 Å². The Balaban J connectivity index is 1.72. The van der Waals surface area contributed by atoms with E-state index < -0.39 is 0 Å². The van der Waals surface area contributed by atoms with Crippen molar-refractivity contribution in [2.75, 3.05) is 19.4 Å². The van der Waals surface area contributed by atoms with E-state index in [9.17, 15) is 4.79 Å². The number of carbonyl (C=O) groups is 1. The summed E-state index contributed by atoms with van der Waals surface area (Å²) in [5, 5.41) is 12.7. The second-order valence-corrected chi connectivity index (χ2v) is 7.92. The van der Waals surface area contributed by atoms with Gasteiger partial charge < -0.3 is 10.1 Å². The maximum atomic E-state index is 11.9. The summed E-state index contributed by atoms with van der Waals surface area (Å²) in [6.45, 7) is 2.88. The van der Waals surface area contributed by atoms with Crippen molar-refractivity contribution in [2.24, 2.45) is 0 Å². The third-order valence-corrected chi connectivity index (χ3v) is 5.64. The molecule has 30 heavy (non-hydrogen) atoms. The largest absolute Gasteiger partial charge is 0.497 e. The fraction of sp³-hybridized carbons (Fsp3) is 0.348. The molecule has 0 saturated heterocycles. The Morgan fingerprint density at radius 2 is 1.83 bits per heavy atom. The first kappa shape index (κ1) is 21.9. The highest BCUT2D eigenvalue weighted by atomic mass is 32.2. The van der Waals surface area contributed by atoms with Crippen LogP contribution < -0.4 is 10.1 Å². The van der Waals surface area contributed by atoms with Crippen LogP contribution >= 0.6 is 11.8 Å². The maximum absolute atomic E-state index is 11.9. The quantitative estimate of drug-likeness (QED) is 0.356. The van der Waals surface area contributed by atoms with Gasteiger partial charge in [0, 0.05) is 30.0 Å². The summed E-state index contributed by atoms with van der Waals surface area (Å²) in [6, 6.07) is 17.9. The molecular weight excluding hydrogens is 396 g/mol. The van der Waals surface area contributed by atoms with E-state index in [1.54, 1.807) is 18.9 Å². The minimum absolute atomic E-state index is 0.116. The number of carbonyl (C=O) groups excluding carboxylic acids is 1. The van der Waals surface area contributed by atoms with Crippen LogP contribution in [0.4, 0.5) is 0 Å². The first-order chi connectivity index (χ1) is 14.7. The van der Waals surface area contributed by atoms with Crippen molar-refractivity contribution in [1.29, 1.82) is 0 Å². The zero-order valence-corrected chi connectivity index (χ0v) is 18.3. The fourth-order valence-electron chi connectivity index (χ4n) is 2.99. The molecule has 0 aliphatic heterocycles. The molecule has 0 bridgehead atoms. The number of methoxy groups -OCH3 is 1. The van der Waals surface area contributed by atoms with Gasteiger partial charge in [-0.3, -0.25) is 9.36 Å². The van der Waals surface area contributed by atoms with Crippen LogP contribution in [0.5, 0.6) is 5.75 Å². The van der Waals surface area contributed by atoms with E-state index in [-0.39, 0.29) is 5.91 Å². The molecule has 1 amide bonds. The lowest BCUT2D eigenvalue weighted by molar-refractivity contribution is -0.121. The Bertz CT molecular complexity index is 926. The molecule has 0 fully saturated rings. The monoisotopic (exact) mass is 424 g/mol. The average Bonchev–Trinajstić information content (AvgIpc) is 3.21. The summed E-state index contributed by atoms with van der Waals surface area (Å²) in [6.07, 6.45) is 3.42. The molecule has 1 aromatic heterocycles. The number of hydrogen-bond acceptors (Lipinski definition) is 5. The standard InChI is InChI=1S/C23H28N4O2S/c1-3-4-16-24-21(28)11-8-17-30-23-26-25-22(18-9-6-5-7-10-18)27(23)19-12-14-20(29-2)15-13-19/h5-7,9-10,12-15H,3-4,8,11,16-17H2,1-2H3,(H,24,28). The van der Waals surface area contributed by atoms with Gasteiger partial charge in [-0.2, -0.15) is 0 Å². The number of nitrogens with one attached hydrogen (secondary N) is 1. The molecule has 0 aliphatic carbocycles. The molecule has 158 valence electrons. The summed E-state index contributed by atoms with van der Waals surface area (Å²) in [5.41, 5.74) is 1.97. The lowest BCUT2D eigenvalue weighted by Gasteiger charge is -2.11. The van der Waals surface area contributed by atoms with Gasteiger partial charge in [-0.1, -0.05) is 55.4 Å². The number of rotatable bonds is 11. The van der Waals surface area contributed by atoms with Crippen LogP contribution in [-0.2, 0) is 4.79 Å². The van der Waals surface area contributed by atoms with Gasteiger partial charge in [-0.15, -0.1) is 10.2 Å². The number of aromatic nitrogens is 3. The molecule has 1 heterocycles. The third-order valence-electron chi connectivity index (χ3n) is 4.63. The molecule has 0 aliphatic rings. The zero-order chi connectivity index (χ0) is 21.2. The van der Waals surface area contributed by atoms with Crippen LogP contribution in [0.25, 0.3) is 17.1 Å². The number of benzene rings is 2. The zero-order valence-electron chi connectivity index (χ0n) is 17.5. The first-order valence-electron chi connectivity index (χ1n) is 10.3. The predicted molar refractivity (Wildman–Crippen MR) is 121 cm³/mol. The van der Waals surface area contributed by atoms with Gasteiger partial charge in [0.25, 0.3) is 0 Å². The molecule has 7 heteroatoms. The van der Waals surface area contributed by atoms with Crippen molar-refractivity contribution in [3.05, 3.63) is 54.6 Å². The molecule has 6 nitrogen and oxygen atoms in total. The topological polar surface area (TPSA) is 69.0 Å². The molecule has 3 aromatic rings. The van der Waals surface area contributed by atoms with E-state index in [1.807, 2.05) is 54.6 Å². The van der Waals surface area contributed by atoms with Crippen molar-refractivity contribution in [3.8, 4) is 22.8 Å². The van der Waals surface area contributed by atoms with E-state index in [0.717, 1.165) is 59.5 Å². The van der Waals surface area contributed by atoms with Crippen molar-refractivity contribution < 1.29 is 9.53 Å². The minimum Gasteiger partial charge on any atom is -0.497 e. The van der Waals surface area contributed by atoms with Crippen LogP contribution in [0, 0.1) is 0 Å². The first-order valence-corrected chi connectivity index (χ1v) is 11.3. The second kappa shape index (κ2) is 11.4. The highest BCUT2D eigenvalue weighted by molar-refractivity contribution is 7.99. The number of amides is 1. The molecule has 1 N–H and O–H groups in total. The van der Waals surface area contributed by atoms with Gasteiger partial charge in [-0.25, -0.2) is 0 Å². The van der Waals surface area contributed by atoms with E-state index in [2.05, 4.69) is 27.0 Å². The van der Waals surface area contributed by atoms with Crippen molar-refractivity contribution in [2.45, 2.75) is 37.8 Å². The van der Waals surface area contributed by atoms with E-state index in [0.29, 0.717) is 6.42 Å². The summed E-state index contributed by atoms with van der Waals surface area (Å²) < 4.78 is 7.34. The Labute approximate surface area is 182 Å². The number of nitrogens with zero attached hydrogens (tertiary/aromatic N) is 3. The van der Waals surface area contributed by atoms with Gasteiger partial charge >= 0.3 is 0 Å². The third kappa shape index (κ3) is 5.86. The van der Waals surface area contributed by atoms with E-state index >= 15 is 0 Å². The highest BCUT2D eigenvalue weighted by Gasteiger charge is 2.16. The van der Waals surface area contributed by atoms with Gasteiger partial charge in [0.2, 0.25) is 5.91 Å². The van der Waals surface area contributed by atoms with E-state index in [4.69, 9.17) is 4.74 Å². The van der Waals surface area contributed by atoms with Crippen LogP contribution in [-0.4, -0.2) is 40.1 Å². The lowest BCUT2D eigenvalue weighted by atomic mass is 10.2. The van der Waals surface area contributed by atoms with E-state index in [1.165, 1.54) is 0 Å². The fourth-order valence-corrected chi connectivity index (χ4v) is 3.88. The maximum Gasteiger partial charge on any atom is 0.220 e. The molecule has 0 radical (unpaired) electrons. The Morgan fingerprint density at radius 3 is 2.53 bits per heavy atom. The molecule has 0 saturated carbocycles. The minimum atomic E-state index is 0.116. The smallest absolute Gasteiger partial charge is 0.220 e. The van der Waals surface area contributed by atoms with Crippen molar-refractivity contribution in [3.63, 3.8) is 0 Å². The normalized spacial score (nSPS) is 10.7. The summed E-state index contributed by atoms with van der Waals surface area (Å²) in [5.74, 6) is 2.51. The number of unbranched alkanes of at least 4 members (excludes halogenated alkanes) is 1. The Kier molecular flexibility index (Phi) is 8.32. The molecule has 3 rings (SSSR count). The van der Waals surface area contributed by atoms with Crippen molar-refractivity contribution >= 4 is 17.7 Å². The highest BCUT2D eigenvalue weighted by Crippen LogP contribution is 2.29. The Morgan fingerprint density at radius 1 is 1.07 bits per heavy atom. The summed E-state index contributed by atoms with van der Waals surface area (Å²) in [4.78, 5) is 11.9. The van der Waals surface area contributed by atoms with Crippen LogP contribution in [0.3, 0.4) is 0 Å². The van der Waals surface area contributed by atoms with Crippen molar-refractivity contribution in [1.82, 2.24) is 20.1 Å². The van der Waals surface area contributed by atoms with Gasteiger partial charge in [0.15, 0.2) is 11.0 Å². The molecule has 0 atom stereocenters. The molecule has 0 spiro atoms. The second-order valence-electron chi connectivity index (χ2n) is 6.86. The molecular formula is C23H28N4O2S. The Hall–Kier alpha value is -2.80. The SMILES string of the molecule is CCCCNC(=O)CCCSc1nnc(-c2ccccc2)n1-c1ccc(OC)cc1. The van der Waals surface area contributed by atoms with Gasteiger partial charge in [0.05, 0.1) is 7.11 Å². The van der Waals surface area contributed by atoms with Crippen LogP contribution in [0.2, 0.25) is 0 Å².